The highest BCUT2D eigenvalue weighted by Crippen LogP contribution is 2.38. The minimum atomic E-state index is 0.0479. The van der Waals surface area contributed by atoms with Crippen LogP contribution >= 0.6 is 11.6 Å². The number of nitrogens with zero attached hydrogens (tertiary/aromatic N) is 3. The highest BCUT2D eigenvalue weighted by Gasteiger charge is 2.26. The average Bonchev–Trinajstić information content (AvgIpc) is 3.14. The summed E-state index contributed by atoms with van der Waals surface area (Å²) in [5.74, 6) is 1.59. The second kappa shape index (κ2) is 8.29. The summed E-state index contributed by atoms with van der Waals surface area (Å²) in [4.78, 5) is 9.24. The van der Waals surface area contributed by atoms with Crippen LogP contribution < -0.4 is 10.1 Å². The number of ether oxygens (including phenoxy) is 1. The molecule has 146 valence electrons. The lowest BCUT2D eigenvalue weighted by atomic mass is 9.90. The molecule has 0 atom stereocenters. The summed E-state index contributed by atoms with van der Waals surface area (Å²) in [6.07, 6.45) is 3.89. The van der Waals surface area contributed by atoms with Crippen molar-refractivity contribution in [3.8, 4) is 28.5 Å². The van der Waals surface area contributed by atoms with Crippen LogP contribution in [0.15, 0.2) is 36.5 Å². The number of nitrogens with one attached hydrogen (secondary N) is 2. The topological polar surface area (TPSA) is 75.7 Å². The summed E-state index contributed by atoms with van der Waals surface area (Å²) >= 11 is 6.08. The first-order valence-corrected chi connectivity index (χ1v) is 10.0. The molecule has 1 aliphatic heterocycles. The molecule has 2 aromatic heterocycles. The van der Waals surface area contributed by atoms with E-state index in [1.54, 1.807) is 12.3 Å². The Hall–Kier alpha value is -2.44. The molecule has 0 bridgehead atoms. The summed E-state index contributed by atoms with van der Waals surface area (Å²) in [5, 5.41) is 12.0. The second-order valence-electron chi connectivity index (χ2n) is 7.28. The van der Waals surface area contributed by atoms with Crippen molar-refractivity contribution in [1.29, 1.82) is 0 Å². The van der Waals surface area contributed by atoms with Gasteiger partial charge in [0, 0.05) is 28.8 Å². The van der Waals surface area contributed by atoms with Gasteiger partial charge in [-0.2, -0.15) is 10.1 Å². The summed E-state index contributed by atoms with van der Waals surface area (Å²) in [5.41, 5.74) is 3.86. The zero-order valence-electron chi connectivity index (χ0n) is 16.1. The van der Waals surface area contributed by atoms with Crippen LogP contribution in [0.3, 0.4) is 0 Å². The number of benzene rings is 1. The molecule has 0 aliphatic carbocycles. The molecule has 6 nitrogen and oxygen atoms in total. The SMILES string of the molecule is CC(C)Oc1ccnc(-c2c(-c3ccc(Cl)cc3)n[nH]c2C2CCNCC2)n1. The second-order valence-corrected chi connectivity index (χ2v) is 7.71. The largest absolute Gasteiger partial charge is 0.475 e. The van der Waals surface area contributed by atoms with E-state index in [1.165, 1.54) is 0 Å². The van der Waals surface area contributed by atoms with Gasteiger partial charge in [0.25, 0.3) is 0 Å². The molecule has 7 heteroatoms. The predicted molar refractivity (Wildman–Crippen MR) is 111 cm³/mol. The molecule has 1 aromatic carbocycles. The smallest absolute Gasteiger partial charge is 0.217 e. The number of aromatic amines is 1. The lowest BCUT2D eigenvalue weighted by Gasteiger charge is -2.22. The molecule has 0 spiro atoms. The van der Waals surface area contributed by atoms with E-state index < -0.39 is 0 Å². The van der Waals surface area contributed by atoms with E-state index in [-0.39, 0.29) is 6.10 Å². The number of aromatic nitrogens is 4. The molecule has 3 heterocycles. The maximum Gasteiger partial charge on any atom is 0.217 e. The molecule has 4 rings (SSSR count). The van der Waals surface area contributed by atoms with Gasteiger partial charge in [0.1, 0.15) is 5.69 Å². The Morgan fingerprint density at radius 3 is 2.57 bits per heavy atom. The first-order chi connectivity index (χ1) is 13.6. The Kier molecular flexibility index (Phi) is 5.59. The average molecular weight is 398 g/mol. The molecule has 0 unspecified atom stereocenters. The van der Waals surface area contributed by atoms with Crippen molar-refractivity contribution in [1.82, 2.24) is 25.5 Å². The molecule has 0 amide bonds. The Morgan fingerprint density at radius 2 is 1.86 bits per heavy atom. The molecule has 1 fully saturated rings. The normalized spacial score (nSPS) is 15.1. The number of piperidine rings is 1. The fourth-order valence-electron chi connectivity index (χ4n) is 3.57. The first kappa shape index (κ1) is 18.9. The molecular formula is C21H24ClN5O. The Bertz CT molecular complexity index is 932. The number of hydrogen-bond donors (Lipinski definition) is 2. The fourth-order valence-corrected chi connectivity index (χ4v) is 3.70. The van der Waals surface area contributed by atoms with E-state index in [1.807, 2.05) is 38.1 Å². The molecule has 2 N–H and O–H groups in total. The van der Waals surface area contributed by atoms with E-state index in [2.05, 4.69) is 25.5 Å². The Balaban J connectivity index is 1.82. The molecule has 1 saturated heterocycles. The maximum atomic E-state index is 6.08. The van der Waals surface area contributed by atoms with Crippen molar-refractivity contribution < 1.29 is 4.74 Å². The highest BCUT2D eigenvalue weighted by molar-refractivity contribution is 6.30. The van der Waals surface area contributed by atoms with Gasteiger partial charge in [-0.3, -0.25) is 5.10 Å². The summed E-state index contributed by atoms with van der Waals surface area (Å²) in [6, 6.07) is 9.48. The van der Waals surface area contributed by atoms with Crippen LogP contribution in [-0.2, 0) is 0 Å². The van der Waals surface area contributed by atoms with Crippen molar-refractivity contribution >= 4 is 11.6 Å². The monoisotopic (exact) mass is 397 g/mol. The molecule has 3 aromatic rings. The predicted octanol–water partition coefficient (Wildman–Crippen LogP) is 4.44. The summed E-state index contributed by atoms with van der Waals surface area (Å²) < 4.78 is 5.79. The van der Waals surface area contributed by atoms with Crippen molar-refractivity contribution in [3.05, 3.63) is 47.2 Å². The zero-order chi connectivity index (χ0) is 19.5. The quantitative estimate of drug-likeness (QED) is 0.665. The van der Waals surface area contributed by atoms with Gasteiger partial charge in [-0.1, -0.05) is 23.7 Å². The van der Waals surface area contributed by atoms with Gasteiger partial charge in [-0.15, -0.1) is 0 Å². The fraction of sp³-hybridized carbons (Fsp3) is 0.381. The van der Waals surface area contributed by atoms with E-state index in [0.29, 0.717) is 22.6 Å². The maximum absolute atomic E-state index is 6.08. The van der Waals surface area contributed by atoms with Gasteiger partial charge in [0.15, 0.2) is 5.82 Å². The van der Waals surface area contributed by atoms with E-state index in [0.717, 1.165) is 48.4 Å². The van der Waals surface area contributed by atoms with Gasteiger partial charge in [0.05, 0.1) is 17.4 Å². The summed E-state index contributed by atoms with van der Waals surface area (Å²) in [7, 11) is 0. The lowest BCUT2D eigenvalue weighted by molar-refractivity contribution is 0.232. The minimum absolute atomic E-state index is 0.0479. The van der Waals surface area contributed by atoms with Crippen LogP contribution in [0.25, 0.3) is 22.6 Å². The number of halogens is 1. The number of H-pyrrole nitrogens is 1. The Labute approximate surface area is 169 Å². The van der Waals surface area contributed by atoms with Gasteiger partial charge in [-0.25, -0.2) is 4.98 Å². The zero-order valence-corrected chi connectivity index (χ0v) is 16.8. The van der Waals surface area contributed by atoms with Crippen LogP contribution in [0.4, 0.5) is 0 Å². The van der Waals surface area contributed by atoms with Crippen LogP contribution in [-0.4, -0.2) is 39.4 Å². The van der Waals surface area contributed by atoms with Crippen LogP contribution in [0, 0.1) is 0 Å². The number of hydrogen-bond acceptors (Lipinski definition) is 5. The van der Waals surface area contributed by atoms with E-state index in [9.17, 15) is 0 Å². The van der Waals surface area contributed by atoms with Gasteiger partial charge in [0.2, 0.25) is 5.88 Å². The summed E-state index contributed by atoms with van der Waals surface area (Å²) in [6.45, 7) is 5.96. The van der Waals surface area contributed by atoms with Gasteiger partial charge in [-0.05, 0) is 51.9 Å². The molecule has 28 heavy (non-hydrogen) atoms. The van der Waals surface area contributed by atoms with Crippen molar-refractivity contribution in [2.45, 2.75) is 38.7 Å². The highest BCUT2D eigenvalue weighted by atomic mass is 35.5. The van der Waals surface area contributed by atoms with Crippen LogP contribution in [0.5, 0.6) is 5.88 Å². The first-order valence-electron chi connectivity index (χ1n) is 9.67. The Morgan fingerprint density at radius 1 is 1.11 bits per heavy atom. The van der Waals surface area contributed by atoms with Crippen molar-refractivity contribution in [3.63, 3.8) is 0 Å². The van der Waals surface area contributed by atoms with Crippen LogP contribution in [0.2, 0.25) is 5.02 Å². The van der Waals surface area contributed by atoms with E-state index in [4.69, 9.17) is 16.3 Å². The standard InChI is InChI=1S/C21H24ClN5O/c1-13(2)28-17-9-12-24-21(25-17)18-19(14-3-5-16(22)6-4-14)26-27-20(18)15-7-10-23-11-8-15/h3-6,9,12-13,15,23H,7-8,10-11H2,1-2H3,(H,26,27). The van der Waals surface area contributed by atoms with E-state index >= 15 is 0 Å². The third-order valence-electron chi connectivity index (χ3n) is 4.87. The molecule has 1 aliphatic rings. The lowest BCUT2D eigenvalue weighted by Crippen LogP contribution is -2.27. The van der Waals surface area contributed by atoms with Crippen LogP contribution in [0.1, 0.15) is 38.3 Å². The third-order valence-corrected chi connectivity index (χ3v) is 5.12. The van der Waals surface area contributed by atoms with Gasteiger partial charge >= 0.3 is 0 Å². The third kappa shape index (κ3) is 4.03. The van der Waals surface area contributed by atoms with Gasteiger partial charge < -0.3 is 10.1 Å². The minimum Gasteiger partial charge on any atom is -0.475 e. The molecule has 0 saturated carbocycles. The van der Waals surface area contributed by atoms with Crippen molar-refractivity contribution in [2.75, 3.05) is 13.1 Å². The number of rotatable bonds is 5. The molecular weight excluding hydrogens is 374 g/mol. The molecule has 0 radical (unpaired) electrons. The van der Waals surface area contributed by atoms with Crippen molar-refractivity contribution in [2.24, 2.45) is 0 Å².